The van der Waals surface area contributed by atoms with E-state index in [9.17, 15) is 4.79 Å². The van der Waals surface area contributed by atoms with E-state index in [1.54, 1.807) is 18.2 Å². The van der Waals surface area contributed by atoms with Crippen LogP contribution in [0.1, 0.15) is 0 Å². The van der Waals surface area contributed by atoms with E-state index in [0.29, 0.717) is 22.6 Å². The van der Waals surface area contributed by atoms with E-state index in [4.69, 9.17) is 13.6 Å². The Morgan fingerprint density at radius 1 is 1.08 bits per heavy atom. The normalized spacial score (nSPS) is 11.0. The zero-order valence-electron chi connectivity index (χ0n) is 13.0. The summed E-state index contributed by atoms with van der Waals surface area (Å²) in [5, 5.41) is 8.38. The number of rotatable bonds is 3. The highest BCUT2D eigenvalue weighted by atomic mass is 79.9. The van der Waals surface area contributed by atoms with E-state index >= 15 is 0 Å². The number of nitrogens with zero attached hydrogens (tertiary/aromatic N) is 2. The van der Waals surface area contributed by atoms with Crippen molar-refractivity contribution in [3.63, 3.8) is 0 Å². The molecule has 4 aromatic rings. The van der Waals surface area contributed by atoms with E-state index in [1.165, 1.54) is 13.4 Å². The van der Waals surface area contributed by atoms with Gasteiger partial charge in [0, 0.05) is 10.0 Å². The summed E-state index contributed by atoms with van der Waals surface area (Å²) in [6, 6.07) is 12.5. The first-order valence-corrected chi connectivity index (χ1v) is 8.14. The summed E-state index contributed by atoms with van der Waals surface area (Å²) in [7, 11) is 1.54. The molecule has 0 spiro atoms. The quantitative estimate of drug-likeness (QED) is 0.512. The molecule has 124 valence electrons. The van der Waals surface area contributed by atoms with Crippen molar-refractivity contribution in [3.8, 4) is 28.7 Å². The molecule has 0 atom stereocenters. The molecule has 25 heavy (non-hydrogen) atoms. The van der Waals surface area contributed by atoms with Gasteiger partial charge in [0.1, 0.15) is 23.2 Å². The molecule has 2 aromatic carbocycles. The zero-order chi connectivity index (χ0) is 17.4. The van der Waals surface area contributed by atoms with Gasteiger partial charge in [-0.2, -0.15) is 0 Å². The molecular formula is C18H11BrN2O4. The Morgan fingerprint density at radius 3 is 2.72 bits per heavy atom. The van der Waals surface area contributed by atoms with Crippen molar-refractivity contribution in [3.05, 3.63) is 63.4 Å². The third-order valence-electron chi connectivity index (χ3n) is 3.71. The van der Waals surface area contributed by atoms with Crippen LogP contribution in [-0.2, 0) is 0 Å². The third-order valence-corrected chi connectivity index (χ3v) is 4.20. The van der Waals surface area contributed by atoms with Crippen LogP contribution >= 0.6 is 15.9 Å². The van der Waals surface area contributed by atoms with Gasteiger partial charge < -0.3 is 13.6 Å². The first-order valence-electron chi connectivity index (χ1n) is 7.35. The molecule has 0 aliphatic heterocycles. The minimum absolute atomic E-state index is 0.105. The maximum atomic E-state index is 12.7. The lowest BCUT2D eigenvalue weighted by Crippen LogP contribution is -2.05. The molecule has 4 rings (SSSR count). The molecule has 0 radical (unpaired) electrons. The van der Waals surface area contributed by atoms with Crippen molar-refractivity contribution < 1.29 is 13.6 Å². The summed E-state index contributed by atoms with van der Waals surface area (Å²) in [4.78, 5) is 12.7. The molecule has 6 nitrogen and oxygen atoms in total. The molecule has 0 fully saturated rings. The molecule has 0 aliphatic rings. The predicted molar refractivity (Wildman–Crippen MR) is 95.5 cm³/mol. The van der Waals surface area contributed by atoms with E-state index in [-0.39, 0.29) is 16.9 Å². The lowest BCUT2D eigenvalue weighted by molar-refractivity contribution is 0.415. The fourth-order valence-corrected chi connectivity index (χ4v) is 2.85. The van der Waals surface area contributed by atoms with Crippen LogP contribution in [0, 0.1) is 0 Å². The summed E-state index contributed by atoms with van der Waals surface area (Å²) >= 11 is 3.40. The Kier molecular flexibility index (Phi) is 3.85. The van der Waals surface area contributed by atoms with E-state index in [2.05, 4.69) is 26.1 Å². The summed E-state index contributed by atoms with van der Waals surface area (Å²) in [6.07, 6.45) is 1.33. The monoisotopic (exact) mass is 398 g/mol. The number of aromatic nitrogens is 2. The zero-order valence-corrected chi connectivity index (χ0v) is 14.6. The van der Waals surface area contributed by atoms with Crippen molar-refractivity contribution in [2.24, 2.45) is 0 Å². The number of hydrogen-bond acceptors (Lipinski definition) is 6. The van der Waals surface area contributed by atoms with Gasteiger partial charge in [0.15, 0.2) is 0 Å². The van der Waals surface area contributed by atoms with Crippen molar-refractivity contribution in [2.75, 3.05) is 7.11 Å². The maximum Gasteiger partial charge on any atom is 0.255 e. The topological polar surface area (TPSA) is 78.4 Å². The number of halogens is 1. The van der Waals surface area contributed by atoms with Crippen molar-refractivity contribution in [1.82, 2.24) is 10.2 Å². The Hall–Kier alpha value is -2.93. The minimum atomic E-state index is -0.260. The number of methoxy groups -OCH3 is 1. The molecular weight excluding hydrogens is 388 g/mol. The van der Waals surface area contributed by atoms with Crippen LogP contribution < -0.4 is 10.2 Å². The summed E-state index contributed by atoms with van der Waals surface area (Å²) in [5.41, 5.74) is 1.15. The first-order chi connectivity index (χ1) is 12.2. The summed E-state index contributed by atoms with van der Waals surface area (Å²) < 4.78 is 17.2. The van der Waals surface area contributed by atoms with Gasteiger partial charge in [0.25, 0.3) is 5.89 Å². The number of hydrogen-bond donors (Lipinski definition) is 0. The van der Waals surface area contributed by atoms with Crippen molar-refractivity contribution in [1.29, 1.82) is 0 Å². The van der Waals surface area contributed by atoms with Crippen LogP contribution in [0.3, 0.4) is 0 Å². The lowest BCUT2D eigenvalue weighted by atomic mass is 10.1. The van der Waals surface area contributed by atoms with Gasteiger partial charge >= 0.3 is 0 Å². The smallest absolute Gasteiger partial charge is 0.255 e. The Bertz CT molecular complexity index is 1130. The summed E-state index contributed by atoms with van der Waals surface area (Å²) in [6.45, 7) is 0. The Labute approximate surface area is 150 Å². The van der Waals surface area contributed by atoms with E-state index < -0.39 is 0 Å². The van der Waals surface area contributed by atoms with Gasteiger partial charge in [-0.3, -0.25) is 4.79 Å². The molecule has 0 saturated heterocycles. The van der Waals surface area contributed by atoms with Crippen LogP contribution in [0.2, 0.25) is 0 Å². The van der Waals surface area contributed by atoms with Gasteiger partial charge in [0.05, 0.1) is 12.5 Å². The molecule has 0 amide bonds. The van der Waals surface area contributed by atoms with Gasteiger partial charge in [-0.05, 0) is 36.4 Å². The highest BCUT2D eigenvalue weighted by molar-refractivity contribution is 9.10. The molecule has 0 unspecified atom stereocenters. The Balaban J connectivity index is 1.82. The van der Waals surface area contributed by atoms with Gasteiger partial charge in [-0.25, -0.2) is 0 Å². The van der Waals surface area contributed by atoms with Crippen LogP contribution in [0.15, 0.2) is 66.8 Å². The number of ether oxygens (including phenoxy) is 1. The van der Waals surface area contributed by atoms with E-state index in [0.717, 1.165) is 10.0 Å². The third kappa shape index (κ3) is 2.83. The van der Waals surface area contributed by atoms with Crippen LogP contribution in [0.4, 0.5) is 0 Å². The number of benzene rings is 2. The largest absolute Gasteiger partial charge is 0.497 e. The van der Waals surface area contributed by atoms with Gasteiger partial charge in [0.2, 0.25) is 11.3 Å². The van der Waals surface area contributed by atoms with Crippen molar-refractivity contribution in [2.45, 2.75) is 0 Å². The SMILES string of the molecule is COc1ccc2occ(-c3nnc(-c4cccc(Br)c4)o3)c(=O)c2c1. The van der Waals surface area contributed by atoms with Crippen molar-refractivity contribution >= 4 is 26.9 Å². The first kappa shape index (κ1) is 15.6. The average molecular weight is 399 g/mol. The molecule has 0 N–H and O–H groups in total. The Morgan fingerprint density at radius 2 is 1.92 bits per heavy atom. The lowest BCUT2D eigenvalue weighted by Gasteiger charge is -2.02. The van der Waals surface area contributed by atoms with Gasteiger partial charge in [-0.15, -0.1) is 10.2 Å². The molecule has 2 aromatic heterocycles. The standard InChI is InChI=1S/C18H11BrN2O4/c1-23-12-5-6-15-13(8-12)16(22)14(9-24-15)18-21-20-17(25-18)10-3-2-4-11(19)7-10/h2-9H,1H3. The average Bonchev–Trinajstić information content (AvgIpc) is 3.12. The molecule has 0 saturated carbocycles. The second kappa shape index (κ2) is 6.18. The second-order valence-corrected chi connectivity index (χ2v) is 6.18. The van der Waals surface area contributed by atoms with E-state index in [1.807, 2.05) is 24.3 Å². The van der Waals surface area contributed by atoms with Crippen LogP contribution in [0.25, 0.3) is 33.9 Å². The highest BCUT2D eigenvalue weighted by Gasteiger charge is 2.16. The molecule has 0 aliphatic carbocycles. The van der Waals surface area contributed by atoms with Crippen LogP contribution in [0.5, 0.6) is 5.75 Å². The predicted octanol–water partition coefficient (Wildman–Crippen LogP) is 4.28. The second-order valence-electron chi connectivity index (χ2n) is 5.26. The van der Waals surface area contributed by atoms with Crippen LogP contribution in [-0.4, -0.2) is 17.3 Å². The fourth-order valence-electron chi connectivity index (χ4n) is 2.46. The van der Waals surface area contributed by atoms with Gasteiger partial charge in [-0.1, -0.05) is 22.0 Å². The minimum Gasteiger partial charge on any atom is -0.497 e. The number of fused-ring (bicyclic) bond motifs is 1. The fraction of sp³-hybridized carbons (Fsp3) is 0.0556. The molecule has 7 heteroatoms. The molecule has 2 heterocycles. The highest BCUT2D eigenvalue weighted by Crippen LogP contribution is 2.26. The molecule has 0 bridgehead atoms. The maximum absolute atomic E-state index is 12.7. The summed E-state index contributed by atoms with van der Waals surface area (Å²) in [5.74, 6) is 0.993.